The molecular formula is C18H23N5O2. The first-order valence-electron chi connectivity index (χ1n) is 8.32. The number of hydrogen-bond donors (Lipinski definition) is 1. The molecule has 0 saturated carbocycles. The molecule has 1 N–H and O–H groups in total. The van der Waals surface area contributed by atoms with Gasteiger partial charge in [0.2, 0.25) is 0 Å². The zero-order valence-electron chi connectivity index (χ0n) is 14.8. The Bertz CT molecular complexity index is 831. The van der Waals surface area contributed by atoms with Crippen molar-refractivity contribution in [2.45, 2.75) is 19.4 Å². The van der Waals surface area contributed by atoms with Crippen LogP contribution in [0.15, 0.2) is 36.8 Å². The summed E-state index contributed by atoms with van der Waals surface area (Å²) in [4.78, 5) is 10.4. The molecule has 2 aromatic heterocycles. The number of aryl methyl sites for hydroxylation is 2. The summed E-state index contributed by atoms with van der Waals surface area (Å²) in [5.41, 5.74) is 2.02. The Morgan fingerprint density at radius 1 is 1.24 bits per heavy atom. The van der Waals surface area contributed by atoms with Crippen LogP contribution >= 0.6 is 0 Å². The third-order valence-corrected chi connectivity index (χ3v) is 4.13. The Kier molecular flexibility index (Phi) is 5.14. The van der Waals surface area contributed by atoms with E-state index in [0.29, 0.717) is 6.54 Å². The Morgan fingerprint density at radius 3 is 2.72 bits per heavy atom. The van der Waals surface area contributed by atoms with Crippen LogP contribution in [-0.2, 0) is 13.5 Å². The number of fused-ring (bicyclic) bond motifs is 1. The molecule has 0 unspecified atom stereocenters. The van der Waals surface area contributed by atoms with Gasteiger partial charge in [-0.3, -0.25) is 4.68 Å². The number of aliphatic hydroxyl groups excluding tert-OH is 1. The van der Waals surface area contributed by atoms with E-state index in [1.165, 1.54) is 11.9 Å². The fourth-order valence-electron chi connectivity index (χ4n) is 2.72. The van der Waals surface area contributed by atoms with Gasteiger partial charge < -0.3 is 14.7 Å². The Morgan fingerprint density at radius 2 is 2.00 bits per heavy atom. The van der Waals surface area contributed by atoms with Crippen molar-refractivity contribution in [3.8, 4) is 5.75 Å². The number of benzene rings is 1. The van der Waals surface area contributed by atoms with Crippen LogP contribution in [0.1, 0.15) is 12.5 Å². The van der Waals surface area contributed by atoms with Gasteiger partial charge in [-0.25, -0.2) is 9.97 Å². The van der Waals surface area contributed by atoms with Crippen molar-refractivity contribution >= 4 is 16.9 Å². The van der Waals surface area contributed by atoms with E-state index in [1.807, 2.05) is 43.3 Å². The maximum Gasteiger partial charge on any atom is 0.163 e. The van der Waals surface area contributed by atoms with Crippen molar-refractivity contribution in [2.75, 3.05) is 25.1 Å². The highest BCUT2D eigenvalue weighted by molar-refractivity contribution is 5.86. The van der Waals surface area contributed by atoms with E-state index in [0.717, 1.165) is 29.0 Å². The minimum Gasteiger partial charge on any atom is -0.491 e. The molecule has 0 bridgehead atoms. The summed E-state index contributed by atoms with van der Waals surface area (Å²) >= 11 is 0. The SMILES string of the molecule is CCc1ccc(OC[C@@H](O)CN(C)c2ncnc3c2cnn3C)cc1. The zero-order valence-corrected chi connectivity index (χ0v) is 14.8. The zero-order chi connectivity index (χ0) is 17.8. The molecule has 0 amide bonds. The van der Waals surface area contributed by atoms with Crippen LogP contribution in [0.5, 0.6) is 5.75 Å². The van der Waals surface area contributed by atoms with Gasteiger partial charge in [0.25, 0.3) is 0 Å². The highest BCUT2D eigenvalue weighted by atomic mass is 16.5. The summed E-state index contributed by atoms with van der Waals surface area (Å²) in [5.74, 6) is 1.50. The summed E-state index contributed by atoms with van der Waals surface area (Å²) < 4.78 is 7.37. The maximum atomic E-state index is 10.3. The number of likely N-dealkylation sites (N-methyl/N-ethyl adjacent to an activating group) is 1. The summed E-state index contributed by atoms with van der Waals surface area (Å²) in [6.45, 7) is 2.73. The van der Waals surface area contributed by atoms with Crippen LogP contribution in [0, 0.1) is 0 Å². The lowest BCUT2D eigenvalue weighted by Crippen LogP contribution is -2.33. The van der Waals surface area contributed by atoms with E-state index < -0.39 is 6.10 Å². The van der Waals surface area contributed by atoms with Crippen LogP contribution in [-0.4, -0.2) is 51.2 Å². The molecule has 2 heterocycles. The second-order valence-corrected chi connectivity index (χ2v) is 6.05. The van der Waals surface area contributed by atoms with Crippen molar-refractivity contribution in [3.05, 3.63) is 42.4 Å². The largest absolute Gasteiger partial charge is 0.491 e. The number of aromatic nitrogens is 4. The first kappa shape index (κ1) is 17.2. The Balaban J connectivity index is 1.60. The van der Waals surface area contributed by atoms with E-state index in [-0.39, 0.29) is 6.61 Å². The number of nitrogens with zero attached hydrogens (tertiary/aromatic N) is 5. The van der Waals surface area contributed by atoms with Gasteiger partial charge in [0.1, 0.15) is 30.6 Å². The molecule has 25 heavy (non-hydrogen) atoms. The van der Waals surface area contributed by atoms with Crippen molar-refractivity contribution in [1.82, 2.24) is 19.7 Å². The van der Waals surface area contributed by atoms with Crippen molar-refractivity contribution in [2.24, 2.45) is 7.05 Å². The fraction of sp³-hybridized carbons (Fsp3) is 0.389. The van der Waals surface area contributed by atoms with Gasteiger partial charge in [0.05, 0.1) is 11.6 Å². The maximum absolute atomic E-state index is 10.3. The lowest BCUT2D eigenvalue weighted by atomic mass is 10.2. The summed E-state index contributed by atoms with van der Waals surface area (Å²) in [7, 11) is 3.72. The van der Waals surface area contributed by atoms with E-state index in [4.69, 9.17) is 4.74 Å². The van der Waals surface area contributed by atoms with E-state index in [9.17, 15) is 5.11 Å². The highest BCUT2D eigenvalue weighted by Gasteiger charge is 2.15. The molecule has 1 aromatic carbocycles. The minimum absolute atomic E-state index is 0.219. The predicted octanol–water partition coefficient (Wildman–Crippen LogP) is 1.80. The number of ether oxygens (including phenoxy) is 1. The third kappa shape index (κ3) is 3.88. The summed E-state index contributed by atoms with van der Waals surface area (Å²) in [5, 5.41) is 15.4. The molecule has 1 atom stereocenters. The van der Waals surface area contributed by atoms with E-state index in [1.54, 1.807) is 10.9 Å². The molecule has 0 saturated heterocycles. The normalized spacial score (nSPS) is 12.3. The lowest BCUT2D eigenvalue weighted by molar-refractivity contribution is 0.113. The van der Waals surface area contributed by atoms with Gasteiger partial charge in [-0.05, 0) is 24.1 Å². The van der Waals surface area contributed by atoms with Crippen molar-refractivity contribution in [3.63, 3.8) is 0 Å². The number of hydrogen-bond acceptors (Lipinski definition) is 6. The van der Waals surface area contributed by atoms with Crippen LogP contribution in [0.25, 0.3) is 11.0 Å². The standard InChI is InChI=1S/C18H23N5O2/c1-4-13-5-7-15(8-6-13)25-11-14(24)10-22(2)17-16-9-21-23(3)18(16)20-12-19-17/h5-9,12,14,24H,4,10-11H2,1-3H3/t14-/m0/s1. The van der Waals surface area contributed by atoms with Crippen LogP contribution in [0.2, 0.25) is 0 Å². The average molecular weight is 341 g/mol. The van der Waals surface area contributed by atoms with Gasteiger partial charge >= 0.3 is 0 Å². The molecule has 3 rings (SSSR count). The first-order chi connectivity index (χ1) is 12.1. The highest BCUT2D eigenvalue weighted by Crippen LogP contribution is 2.21. The van der Waals surface area contributed by atoms with Crippen molar-refractivity contribution in [1.29, 1.82) is 0 Å². The number of aliphatic hydroxyl groups is 1. The monoisotopic (exact) mass is 341 g/mol. The average Bonchev–Trinajstić information content (AvgIpc) is 3.01. The topological polar surface area (TPSA) is 76.3 Å². The second kappa shape index (κ2) is 7.48. The molecule has 0 fully saturated rings. The molecular weight excluding hydrogens is 318 g/mol. The van der Waals surface area contributed by atoms with E-state index >= 15 is 0 Å². The quantitative estimate of drug-likeness (QED) is 0.706. The molecule has 132 valence electrons. The fourth-order valence-corrected chi connectivity index (χ4v) is 2.72. The van der Waals surface area contributed by atoms with Gasteiger partial charge in [-0.1, -0.05) is 19.1 Å². The summed E-state index contributed by atoms with van der Waals surface area (Å²) in [6.07, 6.45) is 3.60. The van der Waals surface area contributed by atoms with Crippen LogP contribution in [0.4, 0.5) is 5.82 Å². The molecule has 3 aromatic rings. The van der Waals surface area contributed by atoms with Gasteiger partial charge in [0.15, 0.2) is 5.65 Å². The smallest absolute Gasteiger partial charge is 0.163 e. The van der Waals surface area contributed by atoms with Crippen molar-refractivity contribution < 1.29 is 9.84 Å². The van der Waals surface area contributed by atoms with E-state index in [2.05, 4.69) is 22.0 Å². The Labute approximate surface area is 146 Å². The summed E-state index contributed by atoms with van der Waals surface area (Å²) in [6, 6.07) is 7.93. The third-order valence-electron chi connectivity index (χ3n) is 4.13. The molecule has 7 nitrogen and oxygen atoms in total. The number of rotatable bonds is 7. The van der Waals surface area contributed by atoms with Gasteiger partial charge in [0, 0.05) is 20.6 Å². The number of anilines is 1. The predicted molar refractivity (Wildman–Crippen MR) is 96.9 cm³/mol. The molecule has 0 aliphatic heterocycles. The van der Waals surface area contributed by atoms with Crippen LogP contribution < -0.4 is 9.64 Å². The lowest BCUT2D eigenvalue weighted by Gasteiger charge is -2.22. The molecule has 0 spiro atoms. The van der Waals surface area contributed by atoms with Gasteiger partial charge in [-0.15, -0.1) is 0 Å². The molecule has 0 radical (unpaired) electrons. The minimum atomic E-state index is -0.641. The molecule has 7 heteroatoms. The first-order valence-corrected chi connectivity index (χ1v) is 8.32. The second-order valence-electron chi connectivity index (χ2n) is 6.05. The molecule has 0 aliphatic rings. The molecule has 0 aliphatic carbocycles. The van der Waals surface area contributed by atoms with Gasteiger partial charge in [-0.2, -0.15) is 5.10 Å². The van der Waals surface area contributed by atoms with Crippen LogP contribution in [0.3, 0.4) is 0 Å². The Hall–Kier alpha value is -2.67.